The first kappa shape index (κ1) is 14.8. The van der Waals surface area contributed by atoms with E-state index in [2.05, 4.69) is 26.4 Å². The molecule has 0 radical (unpaired) electrons. The fourth-order valence-electron chi connectivity index (χ4n) is 2.04. The molecule has 1 aromatic heterocycles. The van der Waals surface area contributed by atoms with Crippen molar-refractivity contribution in [2.45, 2.75) is 32.7 Å². The van der Waals surface area contributed by atoms with Gasteiger partial charge in [-0.15, -0.1) is 0 Å². The van der Waals surface area contributed by atoms with Crippen LogP contribution in [0.15, 0.2) is 39.3 Å². The van der Waals surface area contributed by atoms with E-state index in [0.29, 0.717) is 11.5 Å². The Morgan fingerprint density at radius 1 is 1.45 bits per heavy atom. The van der Waals surface area contributed by atoms with Crippen LogP contribution in [0.25, 0.3) is 0 Å². The molecule has 1 aromatic carbocycles. The standard InChI is InChI=1S/C15H17BrN2O2/c1-10(7-12-5-3-4-6-14(12)16)17-15(19)9-13-8-11(2)20-18-13/h3-6,8,10H,7,9H2,1-2H3,(H,17,19). The van der Waals surface area contributed by atoms with Crippen molar-refractivity contribution in [3.63, 3.8) is 0 Å². The summed E-state index contributed by atoms with van der Waals surface area (Å²) in [5.74, 6) is 0.673. The van der Waals surface area contributed by atoms with Crippen molar-refractivity contribution in [2.24, 2.45) is 0 Å². The fourth-order valence-corrected chi connectivity index (χ4v) is 2.48. The Balaban J connectivity index is 1.86. The van der Waals surface area contributed by atoms with Crippen LogP contribution in [-0.2, 0) is 17.6 Å². The third kappa shape index (κ3) is 4.20. The number of hydrogen-bond acceptors (Lipinski definition) is 3. The van der Waals surface area contributed by atoms with E-state index in [1.54, 1.807) is 6.07 Å². The highest BCUT2D eigenvalue weighted by Gasteiger charge is 2.12. The molecule has 1 heterocycles. The molecule has 1 unspecified atom stereocenters. The summed E-state index contributed by atoms with van der Waals surface area (Å²) < 4.78 is 6.01. The molecule has 0 fully saturated rings. The number of aryl methyl sites for hydroxylation is 1. The molecular formula is C15H17BrN2O2. The second-order valence-electron chi connectivity index (χ2n) is 4.87. The lowest BCUT2D eigenvalue weighted by molar-refractivity contribution is -0.121. The van der Waals surface area contributed by atoms with E-state index in [1.165, 1.54) is 5.56 Å². The summed E-state index contributed by atoms with van der Waals surface area (Å²) in [6, 6.07) is 9.86. The van der Waals surface area contributed by atoms with Gasteiger partial charge in [0.15, 0.2) is 0 Å². The predicted octanol–water partition coefficient (Wildman–Crippen LogP) is 3.04. The first-order valence-corrected chi connectivity index (χ1v) is 7.29. The number of amides is 1. The van der Waals surface area contributed by atoms with Gasteiger partial charge in [0.2, 0.25) is 5.91 Å². The Morgan fingerprint density at radius 2 is 2.20 bits per heavy atom. The molecule has 2 aromatic rings. The lowest BCUT2D eigenvalue weighted by atomic mass is 10.1. The number of aromatic nitrogens is 1. The monoisotopic (exact) mass is 336 g/mol. The molecule has 1 amide bonds. The smallest absolute Gasteiger partial charge is 0.226 e. The number of nitrogens with one attached hydrogen (secondary N) is 1. The van der Waals surface area contributed by atoms with E-state index >= 15 is 0 Å². The number of rotatable bonds is 5. The molecule has 0 aliphatic rings. The molecule has 0 saturated carbocycles. The maximum Gasteiger partial charge on any atom is 0.226 e. The number of carbonyl (C=O) groups excluding carboxylic acids is 1. The van der Waals surface area contributed by atoms with Crippen LogP contribution in [0, 0.1) is 6.92 Å². The highest BCUT2D eigenvalue weighted by atomic mass is 79.9. The van der Waals surface area contributed by atoms with Gasteiger partial charge in [0, 0.05) is 16.6 Å². The average molecular weight is 337 g/mol. The van der Waals surface area contributed by atoms with Crippen molar-refractivity contribution in [1.82, 2.24) is 10.5 Å². The van der Waals surface area contributed by atoms with Crippen molar-refractivity contribution >= 4 is 21.8 Å². The van der Waals surface area contributed by atoms with Gasteiger partial charge in [0.05, 0.1) is 12.1 Å². The SMILES string of the molecule is Cc1cc(CC(=O)NC(C)Cc2ccccc2Br)no1. The van der Waals surface area contributed by atoms with Gasteiger partial charge >= 0.3 is 0 Å². The van der Waals surface area contributed by atoms with E-state index < -0.39 is 0 Å². The molecule has 20 heavy (non-hydrogen) atoms. The maximum atomic E-state index is 11.9. The first-order valence-electron chi connectivity index (χ1n) is 6.49. The molecule has 5 heteroatoms. The highest BCUT2D eigenvalue weighted by molar-refractivity contribution is 9.10. The van der Waals surface area contributed by atoms with E-state index in [-0.39, 0.29) is 18.4 Å². The van der Waals surface area contributed by atoms with E-state index in [0.717, 1.165) is 10.9 Å². The number of benzene rings is 1. The Bertz CT molecular complexity index is 595. The van der Waals surface area contributed by atoms with Gasteiger partial charge in [-0.05, 0) is 31.9 Å². The van der Waals surface area contributed by atoms with Crippen LogP contribution < -0.4 is 5.32 Å². The summed E-state index contributed by atoms with van der Waals surface area (Å²) in [5.41, 5.74) is 1.84. The average Bonchev–Trinajstić information content (AvgIpc) is 2.77. The summed E-state index contributed by atoms with van der Waals surface area (Å²) in [5, 5.41) is 6.79. The fraction of sp³-hybridized carbons (Fsp3) is 0.333. The normalized spacial score (nSPS) is 12.2. The van der Waals surface area contributed by atoms with Gasteiger partial charge in [0.1, 0.15) is 5.76 Å². The van der Waals surface area contributed by atoms with Crippen LogP contribution in [0.4, 0.5) is 0 Å². The Morgan fingerprint density at radius 3 is 2.85 bits per heavy atom. The van der Waals surface area contributed by atoms with Crippen molar-refractivity contribution in [2.75, 3.05) is 0 Å². The zero-order chi connectivity index (χ0) is 14.5. The number of halogens is 1. The highest BCUT2D eigenvalue weighted by Crippen LogP contribution is 2.17. The quantitative estimate of drug-likeness (QED) is 0.912. The van der Waals surface area contributed by atoms with Crippen molar-refractivity contribution in [3.05, 3.63) is 51.8 Å². The van der Waals surface area contributed by atoms with Crippen molar-refractivity contribution in [3.8, 4) is 0 Å². The third-order valence-corrected chi connectivity index (χ3v) is 3.68. The summed E-state index contributed by atoms with van der Waals surface area (Å²) in [4.78, 5) is 11.9. The van der Waals surface area contributed by atoms with E-state index in [1.807, 2.05) is 38.1 Å². The van der Waals surface area contributed by atoms with E-state index in [9.17, 15) is 4.79 Å². The molecule has 1 atom stereocenters. The summed E-state index contributed by atoms with van der Waals surface area (Å²) >= 11 is 3.51. The number of carbonyl (C=O) groups is 1. The van der Waals surface area contributed by atoms with Crippen LogP contribution >= 0.6 is 15.9 Å². The molecule has 106 valence electrons. The number of nitrogens with zero attached hydrogens (tertiary/aromatic N) is 1. The largest absolute Gasteiger partial charge is 0.361 e. The lowest BCUT2D eigenvalue weighted by Crippen LogP contribution is -2.35. The Labute approximate surface area is 126 Å². The molecule has 2 rings (SSSR count). The second kappa shape index (κ2) is 6.70. The molecule has 1 N–H and O–H groups in total. The zero-order valence-corrected chi connectivity index (χ0v) is 13.1. The maximum absolute atomic E-state index is 11.9. The van der Waals surface area contributed by atoms with Crippen LogP contribution in [0.5, 0.6) is 0 Å². The Hall–Kier alpha value is -1.62. The molecule has 0 saturated heterocycles. The molecule has 0 bridgehead atoms. The lowest BCUT2D eigenvalue weighted by Gasteiger charge is -2.14. The minimum Gasteiger partial charge on any atom is -0.361 e. The molecular weight excluding hydrogens is 320 g/mol. The van der Waals surface area contributed by atoms with Gasteiger partial charge in [0.25, 0.3) is 0 Å². The molecule has 0 aliphatic heterocycles. The first-order chi connectivity index (χ1) is 9.54. The van der Waals surface area contributed by atoms with E-state index in [4.69, 9.17) is 4.52 Å². The van der Waals surface area contributed by atoms with Crippen molar-refractivity contribution < 1.29 is 9.32 Å². The third-order valence-electron chi connectivity index (χ3n) is 2.91. The topological polar surface area (TPSA) is 55.1 Å². The van der Waals surface area contributed by atoms with Gasteiger partial charge in [-0.1, -0.05) is 39.3 Å². The van der Waals surface area contributed by atoms with Crippen molar-refractivity contribution in [1.29, 1.82) is 0 Å². The van der Waals surface area contributed by atoms with Gasteiger partial charge in [-0.2, -0.15) is 0 Å². The van der Waals surface area contributed by atoms with Gasteiger partial charge < -0.3 is 9.84 Å². The minimum absolute atomic E-state index is 0.0437. The van der Waals surface area contributed by atoms with Gasteiger partial charge in [-0.25, -0.2) is 0 Å². The van der Waals surface area contributed by atoms with Crippen LogP contribution in [0.3, 0.4) is 0 Å². The second-order valence-corrected chi connectivity index (χ2v) is 5.72. The summed E-state index contributed by atoms with van der Waals surface area (Å²) in [6.45, 7) is 3.80. The van der Waals surface area contributed by atoms with Gasteiger partial charge in [-0.3, -0.25) is 4.79 Å². The van der Waals surface area contributed by atoms with Crippen LogP contribution in [0.1, 0.15) is 23.9 Å². The van der Waals surface area contributed by atoms with Crippen LogP contribution in [0.2, 0.25) is 0 Å². The molecule has 0 spiro atoms. The zero-order valence-electron chi connectivity index (χ0n) is 11.5. The summed E-state index contributed by atoms with van der Waals surface area (Å²) in [6.07, 6.45) is 1.03. The summed E-state index contributed by atoms with van der Waals surface area (Å²) in [7, 11) is 0. The minimum atomic E-state index is -0.0437. The Kier molecular flexibility index (Phi) is 4.95. The predicted molar refractivity (Wildman–Crippen MR) is 80.4 cm³/mol. The number of hydrogen-bond donors (Lipinski definition) is 1. The molecule has 4 nitrogen and oxygen atoms in total. The van der Waals surface area contributed by atoms with Crippen LogP contribution in [-0.4, -0.2) is 17.1 Å². The molecule has 0 aliphatic carbocycles.